The van der Waals surface area contributed by atoms with E-state index >= 15 is 0 Å². The van der Waals surface area contributed by atoms with Crippen molar-refractivity contribution in [2.75, 3.05) is 44.0 Å². The zero-order valence-electron chi connectivity index (χ0n) is 18.0. The molecule has 9 heteroatoms. The van der Waals surface area contributed by atoms with Crippen LogP contribution in [0.25, 0.3) is 20.4 Å². The topological polar surface area (TPSA) is 54.0 Å². The molecule has 0 unspecified atom stereocenters. The van der Waals surface area contributed by atoms with Crippen LogP contribution in [0.4, 0.5) is 10.3 Å². The lowest BCUT2D eigenvalue weighted by molar-refractivity contribution is 0.196. The zero-order valence-corrected chi connectivity index (χ0v) is 19.7. The van der Waals surface area contributed by atoms with Gasteiger partial charge in [-0.3, -0.25) is 4.90 Å². The predicted molar refractivity (Wildman–Crippen MR) is 129 cm³/mol. The highest BCUT2D eigenvalue weighted by molar-refractivity contribution is 7.22. The van der Waals surface area contributed by atoms with Crippen LogP contribution in [-0.2, 0) is 0 Å². The van der Waals surface area contributed by atoms with Crippen LogP contribution in [0.2, 0.25) is 0 Å². The third kappa shape index (κ3) is 3.88. The van der Waals surface area contributed by atoms with Crippen LogP contribution >= 0.6 is 22.7 Å². The zero-order chi connectivity index (χ0) is 21.5. The van der Waals surface area contributed by atoms with Crippen molar-refractivity contribution in [2.24, 2.45) is 0 Å². The number of fused-ring (bicyclic) bond motifs is 2. The molecule has 3 heterocycles. The smallest absolute Gasteiger partial charge is 0.188 e. The molecule has 2 aromatic heterocycles. The Bertz CT molecular complexity index is 1130. The first-order valence-electron chi connectivity index (χ1n) is 10.2. The van der Waals surface area contributed by atoms with Gasteiger partial charge in [0, 0.05) is 6.04 Å². The highest BCUT2D eigenvalue weighted by Gasteiger charge is 2.29. The fourth-order valence-electron chi connectivity index (χ4n) is 3.66. The van der Waals surface area contributed by atoms with E-state index in [-0.39, 0.29) is 0 Å². The van der Waals surface area contributed by atoms with E-state index in [1.807, 2.05) is 24.3 Å². The molecule has 162 valence electrons. The standard InChI is InChI=1S/C22H25N5O2S2/c1-14(2)25-11-26(21-23-17-7-5-15(28-3)9-19(17)30-21)13-27(12-25)22-24-18-8-6-16(29-4)10-20(18)31-22/h5-10,14H,11-13H2,1-4H3. The van der Waals surface area contributed by atoms with Gasteiger partial charge in [-0.1, -0.05) is 22.7 Å². The van der Waals surface area contributed by atoms with E-state index in [1.165, 1.54) is 0 Å². The van der Waals surface area contributed by atoms with E-state index < -0.39 is 0 Å². The minimum Gasteiger partial charge on any atom is -0.497 e. The van der Waals surface area contributed by atoms with E-state index in [9.17, 15) is 0 Å². The summed E-state index contributed by atoms with van der Waals surface area (Å²) in [5.74, 6) is 1.72. The lowest BCUT2D eigenvalue weighted by Gasteiger charge is -2.43. The van der Waals surface area contributed by atoms with Gasteiger partial charge < -0.3 is 19.3 Å². The molecule has 5 rings (SSSR count). The maximum atomic E-state index is 5.38. The Balaban J connectivity index is 1.48. The summed E-state index contributed by atoms with van der Waals surface area (Å²) in [7, 11) is 3.39. The molecular weight excluding hydrogens is 430 g/mol. The maximum Gasteiger partial charge on any atom is 0.188 e. The van der Waals surface area contributed by atoms with Crippen LogP contribution < -0.4 is 19.3 Å². The Morgan fingerprint density at radius 1 is 0.774 bits per heavy atom. The molecule has 0 aliphatic carbocycles. The fraction of sp³-hybridized carbons (Fsp3) is 0.364. The second kappa shape index (κ2) is 8.14. The molecule has 0 bridgehead atoms. The molecule has 1 aliphatic heterocycles. The van der Waals surface area contributed by atoms with Gasteiger partial charge in [0.25, 0.3) is 0 Å². The summed E-state index contributed by atoms with van der Waals surface area (Å²) >= 11 is 3.40. The summed E-state index contributed by atoms with van der Waals surface area (Å²) in [5.41, 5.74) is 2.00. The lowest BCUT2D eigenvalue weighted by Crippen LogP contribution is -2.57. The van der Waals surface area contributed by atoms with E-state index in [2.05, 4.69) is 40.7 Å². The van der Waals surface area contributed by atoms with Gasteiger partial charge in [-0.15, -0.1) is 0 Å². The molecular formula is C22H25N5O2S2. The van der Waals surface area contributed by atoms with Crippen LogP contribution in [0.1, 0.15) is 13.8 Å². The van der Waals surface area contributed by atoms with E-state index in [0.717, 1.165) is 62.2 Å². The molecule has 1 fully saturated rings. The van der Waals surface area contributed by atoms with Gasteiger partial charge in [0.15, 0.2) is 10.3 Å². The summed E-state index contributed by atoms with van der Waals surface area (Å²) in [4.78, 5) is 16.9. The largest absolute Gasteiger partial charge is 0.497 e. The molecule has 1 aliphatic rings. The fourth-order valence-corrected chi connectivity index (χ4v) is 5.61. The Morgan fingerprint density at radius 3 is 1.68 bits per heavy atom. The van der Waals surface area contributed by atoms with Gasteiger partial charge in [0.2, 0.25) is 0 Å². The maximum absolute atomic E-state index is 5.38. The molecule has 0 amide bonds. The average molecular weight is 456 g/mol. The van der Waals surface area contributed by atoms with Crippen LogP contribution in [0, 0.1) is 0 Å². The van der Waals surface area contributed by atoms with Crippen LogP contribution in [0.5, 0.6) is 11.5 Å². The van der Waals surface area contributed by atoms with Gasteiger partial charge in [-0.2, -0.15) is 0 Å². The van der Waals surface area contributed by atoms with Crippen LogP contribution in [0.15, 0.2) is 36.4 Å². The van der Waals surface area contributed by atoms with Crippen molar-refractivity contribution in [3.63, 3.8) is 0 Å². The van der Waals surface area contributed by atoms with Gasteiger partial charge in [-0.25, -0.2) is 9.97 Å². The number of aromatic nitrogens is 2. The summed E-state index contributed by atoms with van der Waals surface area (Å²) < 4.78 is 13.0. The number of ether oxygens (including phenoxy) is 2. The van der Waals surface area contributed by atoms with Gasteiger partial charge in [0.1, 0.15) is 11.5 Å². The van der Waals surface area contributed by atoms with E-state index in [0.29, 0.717) is 6.04 Å². The van der Waals surface area contributed by atoms with E-state index in [4.69, 9.17) is 19.4 Å². The van der Waals surface area contributed by atoms with Gasteiger partial charge in [0.05, 0.1) is 54.7 Å². The van der Waals surface area contributed by atoms with Gasteiger partial charge >= 0.3 is 0 Å². The highest BCUT2D eigenvalue weighted by Crippen LogP contribution is 2.36. The predicted octanol–water partition coefficient (Wildman–Crippen LogP) is 4.83. The Hall–Kier alpha value is -2.62. The second-order valence-corrected chi connectivity index (χ2v) is 9.86. The monoisotopic (exact) mass is 455 g/mol. The molecule has 0 saturated carbocycles. The van der Waals surface area contributed by atoms with Crippen molar-refractivity contribution in [2.45, 2.75) is 19.9 Å². The number of benzene rings is 2. The minimum absolute atomic E-state index is 0.411. The van der Waals surface area contributed by atoms with Crippen molar-refractivity contribution in [3.8, 4) is 11.5 Å². The number of nitrogens with zero attached hydrogens (tertiary/aromatic N) is 5. The normalized spacial score (nSPS) is 15.4. The number of hydrogen-bond acceptors (Lipinski definition) is 9. The molecule has 0 atom stereocenters. The first-order valence-corrected chi connectivity index (χ1v) is 11.8. The molecule has 0 radical (unpaired) electrons. The summed E-state index contributed by atoms with van der Waals surface area (Å²) in [6.07, 6.45) is 0. The first kappa shape index (κ1) is 20.3. The molecule has 7 nitrogen and oxygen atoms in total. The molecule has 1 saturated heterocycles. The highest BCUT2D eigenvalue weighted by atomic mass is 32.1. The summed E-state index contributed by atoms with van der Waals surface area (Å²) in [6, 6.07) is 12.5. The van der Waals surface area contributed by atoms with Crippen molar-refractivity contribution in [1.82, 2.24) is 14.9 Å². The third-order valence-corrected chi connectivity index (χ3v) is 7.64. The lowest BCUT2D eigenvalue weighted by atomic mass is 10.3. The molecule has 0 spiro atoms. The van der Waals surface area contributed by atoms with Crippen LogP contribution in [0.3, 0.4) is 0 Å². The number of thiazole rings is 2. The number of anilines is 2. The number of hydrogen-bond donors (Lipinski definition) is 0. The first-order chi connectivity index (χ1) is 15.0. The van der Waals surface area contributed by atoms with Crippen LogP contribution in [-0.4, -0.2) is 55.1 Å². The van der Waals surface area contributed by atoms with Crippen molar-refractivity contribution >= 4 is 53.4 Å². The number of rotatable bonds is 5. The SMILES string of the molecule is COc1ccc2nc(N3CN(c4nc5ccc(OC)cc5s4)CN(C(C)C)C3)sc2c1. The average Bonchev–Trinajstić information content (AvgIpc) is 3.41. The quantitative estimate of drug-likeness (QED) is 0.427. The second-order valence-electron chi connectivity index (χ2n) is 7.85. The Kier molecular flexibility index (Phi) is 5.33. The van der Waals surface area contributed by atoms with E-state index in [1.54, 1.807) is 36.9 Å². The molecule has 2 aromatic carbocycles. The third-order valence-electron chi connectivity index (χ3n) is 5.49. The molecule has 0 N–H and O–H groups in total. The van der Waals surface area contributed by atoms with Gasteiger partial charge in [-0.05, 0) is 50.2 Å². The minimum atomic E-state index is 0.411. The Labute approximate surface area is 189 Å². The summed E-state index contributed by atoms with van der Waals surface area (Å²) in [6.45, 7) is 6.88. The number of methoxy groups -OCH3 is 2. The molecule has 4 aromatic rings. The Morgan fingerprint density at radius 2 is 1.26 bits per heavy atom. The summed E-state index contributed by atoms with van der Waals surface area (Å²) in [5, 5.41) is 2.03. The van der Waals surface area contributed by atoms with Crippen molar-refractivity contribution in [1.29, 1.82) is 0 Å². The van der Waals surface area contributed by atoms with Crippen molar-refractivity contribution < 1.29 is 9.47 Å². The van der Waals surface area contributed by atoms with Crippen molar-refractivity contribution in [3.05, 3.63) is 36.4 Å². The molecule has 31 heavy (non-hydrogen) atoms.